The topological polar surface area (TPSA) is 121 Å². The Bertz CT molecular complexity index is 532. The molecule has 9 heteroatoms. The Morgan fingerprint density at radius 2 is 0.778 bits per heavy atom. The number of Topliss-reactive ketones (excluding diaryl/α,β-unsaturated/α-hetero) is 4. The van der Waals surface area contributed by atoms with Gasteiger partial charge in [-0.25, -0.2) is 0 Å². The van der Waals surface area contributed by atoms with Gasteiger partial charge in [-0.15, -0.1) is 0 Å². The fourth-order valence-electron chi connectivity index (χ4n) is 1.33. The van der Waals surface area contributed by atoms with Crippen molar-refractivity contribution < 1.29 is 48.0 Å². The number of carbonyl (C=O) groups is 4. The van der Waals surface area contributed by atoms with Crippen molar-refractivity contribution in [1.82, 2.24) is 0 Å². The van der Waals surface area contributed by atoms with Crippen LogP contribution >= 0.6 is 0 Å². The van der Waals surface area contributed by atoms with Crippen LogP contribution in [0.15, 0.2) is 0 Å². The van der Waals surface area contributed by atoms with Crippen molar-refractivity contribution in [2.24, 2.45) is 0 Å². The molecule has 0 N–H and O–H groups in total. The van der Waals surface area contributed by atoms with Crippen LogP contribution in [0.2, 0.25) is 0 Å². The average molecular weight is 430 g/mol. The van der Waals surface area contributed by atoms with E-state index < -0.39 is 24.8 Å². The molecule has 0 fully saturated rings. The summed E-state index contributed by atoms with van der Waals surface area (Å²) >= 11 is -4.65. The Morgan fingerprint density at radius 3 is 0.852 bits per heavy atom. The summed E-state index contributed by atoms with van der Waals surface area (Å²) in [6.07, 6.45) is 0.167. The first-order valence-corrected chi connectivity index (χ1v) is 10.4. The van der Waals surface area contributed by atoms with E-state index in [9.17, 15) is 26.8 Å². The number of hydrogen-bond acceptors (Lipinski definition) is 8. The first kappa shape index (κ1) is 30.5. The van der Waals surface area contributed by atoms with Crippen LogP contribution in [0.1, 0.15) is 82.1 Å². The summed E-state index contributed by atoms with van der Waals surface area (Å²) in [4.78, 5) is 40.1. The van der Waals surface area contributed by atoms with Crippen molar-refractivity contribution >= 4 is 23.1 Å². The molecular weight excluding hydrogens is 396 g/mol. The second-order valence-electron chi connectivity index (χ2n) is 7.96. The molecule has 0 unspecified atom stereocenters. The molecule has 0 aromatic carbocycles. The third-order valence-electron chi connectivity index (χ3n) is 1.70. The third-order valence-corrected chi connectivity index (χ3v) is 3.90. The van der Waals surface area contributed by atoms with Crippen molar-refractivity contribution in [3.63, 3.8) is 0 Å². The number of rotatable bonds is 6. The standard InChI is InChI=1S/2C5H8O2.2C4H9O.Cr.2O/c2*1-4(6)3-5(2)7;2*1-4(2,3)5;;;/h2*3H2,1-2H3;2*1-3H3;;;/q;;2*-1;+2;;. The molecule has 0 rings (SSSR count). The van der Waals surface area contributed by atoms with Crippen molar-refractivity contribution in [2.45, 2.75) is 93.3 Å². The van der Waals surface area contributed by atoms with Gasteiger partial charge in [-0.2, -0.15) is 0 Å². The van der Waals surface area contributed by atoms with E-state index in [2.05, 4.69) is 0 Å². The summed E-state index contributed by atoms with van der Waals surface area (Å²) in [6, 6.07) is 0. The maximum atomic E-state index is 11.3. The van der Waals surface area contributed by atoms with E-state index in [0.717, 1.165) is 0 Å². The summed E-state index contributed by atoms with van der Waals surface area (Å²) in [5.74, 6) is -0.250. The summed E-state index contributed by atoms with van der Waals surface area (Å²) in [7, 11) is 0. The summed E-state index contributed by atoms with van der Waals surface area (Å²) in [5.41, 5.74) is -1.45. The quantitative estimate of drug-likeness (QED) is 0.588. The van der Waals surface area contributed by atoms with Gasteiger partial charge >= 0.3 is 81.5 Å². The number of hydrogen-bond donors (Lipinski definition) is 0. The van der Waals surface area contributed by atoms with Gasteiger partial charge in [0.15, 0.2) is 0 Å². The third kappa shape index (κ3) is 36.4. The number of carbonyl (C=O) groups excluding carboxylic acids is 4. The fourth-order valence-corrected chi connectivity index (χ4v) is 3.30. The average Bonchev–Trinajstić information content (AvgIpc) is 2.17. The Hall–Kier alpha value is -1.27. The first-order chi connectivity index (χ1) is 11.7. The molecule has 0 radical (unpaired) electrons. The molecule has 27 heavy (non-hydrogen) atoms. The van der Waals surface area contributed by atoms with Gasteiger partial charge in [0.25, 0.3) is 0 Å². The van der Waals surface area contributed by atoms with Crippen LogP contribution < -0.4 is 0 Å². The molecule has 0 aliphatic carbocycles. The molecule has 0 aromatic heterocycles. The van der Waals surface area contributed by atoms with Gasteiger partial charge in [-0.1, -0.05) is 0 Å². The zero-order valence-electron chi connectivity index (χ0n) is 18.1. The molecule has 0 amide bonds. The van der Waals surface area contributed by atoms with Gasteiger partial charge in [0.05, 0.1) is 12.8 Å². The molecular formula is C18H34CrO8. The maximum absolute atomic E-state index is 11.3. The first-order valence-electron chi connectivity index (χ1n) is 8.31. The van der Waals surface area contributed by atoms with E-state index in [-0.39, 0.29) is 36.0 Å². The molecule has 0 aliphatic heterocycles. The second-order valence-corrected chi connectivity index (χ2v) is 9.76. The molecule has 8 nitrogen and oxygen atoms in total. The van der Waals surface area contributed by atoms with E-state index >= 15 is 0 Å². The van der Waals surface area contributed by atoms with E-state index in [1.54, 1.807) is 41.5 Å². The van der Waals surface area contributed by atoms with Crippen molar-refractivity contribution in [3.8, 4) is 0 Å². The van der Waals surface area contributed by atoms with E-state index in [0.29, 0.717) is 0 Å². The molecule has 0 atom stereocenters. The second kappa shape index (κ2) is 13.0. The molecule has 0 aromatic rings. The Morgan fingerprint density at radius 1 is 0.593 bits per heavy atom. The van der Waals surface area contributed by atoms with Crippen LogP contribution in [-0.4, -0.2) is 34.3 Å². The molecule has 0 heterocycles. The predicted octanol–water partition coefficient (Wildman–Crippen LogP) is 3.40. The van der Waals surface area contributed by atoms with Gasteiger partial charge in [0.1, 0.15) is 23.1 Å². The van der Waals surface area contributed by atoms with Crippen LogP contribution in [0.5, 0.6) is 0 Å². The van der Waals surface area contributed by atoms with Gasteiger partial charge in [-0.05, 0) is 27.7 Å². The summed E-state index contributed by atoms with van der Waals surface area (Å²) < 4.78 is 32.2. The SMILES string of the molecule is CC(=O)CC(C)=O.CC(=O)CC(C)=O.CC(C)(C)[O][Cr](=[O])(=[O])[O]C(C)(C)C. The minimum absolute atomic E-state index is 0.0625. The zero-order chi connectivity index (χ0) is 22.6. The molecule has 0 saturated heterocycles. The van der Waals surface area contributed by atoms with Crippen molar-refractivity contribution in [1.29, 1.82) is 0 Å². The summed E-state index contributed by atoms with van der Waals surface area (Å²) in [5, 5.41) is 0. The molecule has 0 bridgehead atoms. The van der Waals surface area contributed by atoms with Gasteiger partial charge < -0.3 is 0 Å². The Balaban J connectivity index is -0.000000350. The number of ketones is 4. The predicted molar refractivity (Wildman–Crippen MR) is 95.0 cm³/mol. The van der Waals surface area contributed by atoms with Crippen molar-refractivity contribution in [3.05, 3.63) is 0 Å². The molecule has 160 valence electrons. The minimum atomic E-state index is -4.65. The van der Waals surface area contributed by atoms with E-state index in [4.69, 9.17) is 7.58 Å². The summed E-state index contributed by atoms with van der Waals surface area (Å²) in [6.45, 7) is 15.6. The van der Waals surface area contributed by atoms with Crippen molar-refractivity contribution in [2.75, 3.05) is 0 Å². The Labute approximate surface area is 164 Å². The monoisotopic (exact) mass is 430 g/mol. The van der Waals surface area contributed by atoms with E-state index in [1.807, 2.05) is 0 Å². The molecule has 0 spiro atoms. The fraction of sp³-hybridized carbons (Fsp3) is 0.778. The normalized spacial score (nSPS) is 11.3. The van der Waals surface area contributed by atoms with Gasteiger partial charge in [0, 0.05) is 0 Å². The van der Waals surface area contributed by atoms with Gasteiger partial charge in [0.2, 0.25) is 0 Å². The zero-order valence-corrected chi connectivity index (χ0v) is 19.4. The Kier molecular flexibility index (Phi) is 14.7. The molecule has 0 saturated carbocycles. The van der Waals surface area contributed by atoms with Crippen LogP contribution in [0.25, 0.3) is 0 Å². The van der Waals surface area contributed by atoms with Gasteiger partial charge in [-0.3, -0.25) is 19.2 Å². The van der Waals surface area contributed by atoms with Crippen LogP contribution in [0.3, 0.4) is 0 Å². The van der Waals surface area contributed by atoms with Crippen LogP contribution in [0.4, 0.5) is 0 Å². The van der Waals surface area contributed by atoms with E-state index in [1.165, 1.54) is 27.7 Å². The van der Waals surface area contributed by atoms with Crippen LogP contribution in [-0.2, 0) is 48.0 Å². The van der Waals surface area contributed by atoms with Crippen LogP contribution in [0, 0.1) is 0 Å². The molecule has 0 aliphatic rings.